The summed E-state index contributed by atoms with van der Waals surface area (Å²) >= 11 is 0. The molecule has 0 aliphatic carbocycles. The molecule has 0 bridgehead atoms. The van der Waals surface area contributed by atoms with Crippen molar-refractivity contribution in [3.8, 4) is 22.6 Å². The normalized spacial score (nSPS) is 18.6. The van der Waals surface area contributed by atoms with Gasteiger partial charge < -0.3 is 18.9 Å². The van der Waals surface area contributed by atoms with Crippen molar-refractivity contribution in [1.82, 2.24) is 0 Å². The van der Waals surface area contributed by atoms with Gasteiger partial charge in [0.15, 0.2) is 0 Å². The SMILES string of the molecule is COc1cccc2c1-c1ccc3c(c1C(OC)O2)C(C)=CC(C)(C)N3C(=O)OC(C)(C)C. The van der Waals surface area contributed by atoms with Crippen LogP contribution in [0.2, 0.25) is 0 Å². The molecule has 0 radical (unpaired) electrons. The van der Waals surface area contributed by atoms with Crippen molar-refractivity contribution in [1.29, 1.82) is 0 Å². The summed E-state index contributed by atoms with van der Waals surface area (Å²) in [4.78, 5) is 15.0. The Labute approximate surface area is 189 Å². The Morgan fingerprint density at radius 1 is 1.09 bits per heavy atom. The number of nitrogens with zero attached hydrogens (tertiary/aromatic N) is 1. The maximum atomic E-state index is 13.3. The number of carbonyl (C=O) groups excluding carboxylic acids is 1. The maximum absolute atomic E-state index is 13.3. The van der Waals surface area contributed by atoms with E-state index in [1.807, 2.05) is 65.0 Å². The molecule has 4 rings (SSSR count). The number of amides is 1. The number of hydrogen-bond donors (Lipinski definition) is 0. The molecule has 0 N–H and O–H groups in total. The topological polar surface area (TPSA) is 57.2 Å². The highest BCUT2D eigenvalue weighted by Crippen LogP contribution is 2.53. The molecule has 6 heteroatoms. The molecule has 0 saturated carbocycles. The lowest BCUT2D eigenvalue weighted by Gasteiger charge is -2.43. The summed E-state index contributed by atoms with van der Waals surface area (Å²) < 4.78 is 23.4. The number of benzene rings is 2. The Balaban J connectivity index is 1.99. The molecule has 2 aromatic rings. The van der Waals surface area contributed by atoms with E-state index in [1.165, 1.54) is 0 Å². The molecular weight excluding hydrogens is 406 g/mol. The number of methoxy groups -OCH3 is 2. The van der Waals surface area contributed by atoms with Crippen LogP contribution >= 0.6 is 0 Å². The third kappa shape index (κ3) is 3.52. The first-order chi connectivity index (χ1) is 15.0. The van der Waals surface area contributed by atoms with Gasteiger partial charge in [0.1, 0.15) is 17.1 Å². The maximum Gasteiger partial charge on any atom is 0.415 e. The van der Waals surface area contributed by atoms with Gasteiger partial charge in [-0.1, -0.05) is 18.2 Å². The van der Waals surface area contributed by atoms with Crippen LogP contribution in [0, 0.1) is 0 Å². The zero-order chi connectivity index (χ0) is 23.4. The molecule has 2 aliphatic heterocycles. The third-order valence-electron chi connectivity index (χ3n) is 5.74. The summed E-state index contributed by atoms with van der Waals surface area (Å²) in [6, 6.07) is 9.70. The molecule has 1 amide bonds. The van der Waals surface area contributed by atoms with Crippen molar-refractivity contribution in [3.05, 3.63) is 47.5 Å². The molecule has 2 aromatic carbocycles. The Morgan fingerprint density at radius 3 is 2.44 bits per heavy atom. The van der Waals surface area contributed by atoms with E-state index in [-0.39, 0.29) is 0 Å². The van der Waals surface area contributed by atoms with Crippen LogP contribution in [0.3, 0.4) is 0 Å². The number of ether oxygens (including phenoxy) is 4. The van der Waals surface area contributed by atoms with Crippen LogP contribution in [0.15, 0.2) is 36.4 Å². The largest absolute Gasteiger partial charge is 0.496 e. The number of allylic oxidation sites excluding steroid dienone is 1. The first-order valence-corrected chi connectivity index (χ1v) is 10.8. The van der Waals surface area contributed by atoms with Crippen LogP contribution in [0.1, 0.15) is 59.0 Å². The fraction of sp³-hybridized carbons (Fsp3) is 0.423. The minimum Gasteiger partial charge on any atom is -0.496 e. The van der Waals surface area contributed by atoms with E-state index in [2.05, 4.69) is 13.0 Å². The van der Waals surface area contributed by atoms with E-state index in [9.17, 15) is 4.79 Å². The predicted octanol–water partition coefficient (Wildman–Crippen LogP) is 6.34. The molecular formula is C26H31NO5. The second-order valence-corrected chi connectivity index (χ2v) is 9.74. The highest BCUT2D eigenvalue weighted by Gasteiger charge is 2.42. The molecule has 2 heterocycles. The van der Waals surface area contributed by atoms with Crippen LogP contribution in [-0.2, 0) is 9.47 Å². The minimum absolute atomic E-state index is 0.392. The molecule has 0 saturated heterocycles. The van der Waals surface area contributed by atoms with Gasteiger partial charge >= 0.3 is 6.09 Å². The van der Waals surface area contributed by atoms with Gasteiger partial charge in [-0.2, -0.15) is 0 Å². The summed E-state index contributed by atoms with van der Waals surface area (Å²) in [6.07, 6.45) is 1.07. The van der Waals surface area contributed by atoms with Crippen molar-refractivity contribution >= 4 is 17.4 Å². The average molecular weight is 438 g/mol. The summed E-state index contributed by atoms with van der Waals surface area (Å²) in [7, 11) is 3.27. The molecule has 1 unspecified atom stereocenters. The third-order valence-corrected chi connectivity index (χ3v) is 5.74. The van der Waals surface area contributed by atoms with Gasteiger partial charge in [0.05, 0.1) is 23.9 Å². The van der Waals surface area contributed by atoms with Crippen LogP contribution in [0.4, 0.5) is 10.5 Å². The molecule has 6 nitrogen and oxygen atoms in total. The fourth-order valence-corrected chi connectivity index (χ4v) is 4.67. The molecule has 32 heavy (non-hydrogen) atoms. The highest BCUT2D eigenvalue weighted by molar-refractivity contribution is 6.00. The van der Waals surface area contributed by atoms with Gasteiger partial charge in [0.25, 0.3) is 0 Å². The Bertz CT molecular complexity index is 1110. The quantitative estimate of drug-likeness (QED) is 0.549. The average Bonchev–Trinajstić information content (AvgIpc) is 2.69. The molecule has 0 aromatic heterocycles. The van der Waals surface area contributed by atoms with E-state index < -0.39 is 23.5 Å². The van der Waals surface area contributed by atoms with Gasteiger partial charge in [-0.05, 0) is 70.9 Å². The lowest BCUT2D eigenvalue weighted by molar-refractivity contribution is -0.0581. The molecule has 0 spiro atoms. The van der Waals surface area contributed by atoms with Crippen LogP contribution in [-0.4, -0.2) is 31.5 Å². The molecule has 170 valence electrons. The van der Waals surface area contributed by atoms with Crippen molar-refractivity contribution in [2.45, 2.75) is 59.0 Å². The van der Waals surface area contributed by atoms with Gasteiger partial charge in [-0.3, -0.25) is 4.90 Å². The van der Waals surface area contributed by atoms with Crippen LogP contribution < -0.4 is 14.4 Å². The van der Waals surface area contributed by atoms with Crippen molar-refractivity contribution in [3.63, 3.8) is 0 Å². The summed E-state index contributed by atoms with van der Waals surface area (Å²) in [5.41, 5.74) is 4.27. The van der Waals surface area contributed by atoms with Crippen LogP contribution in [0.5, 0.6) is 11.5 Å². The van der Waals surface area contributed by atoms with Crippen molar-refractivity contribution in [2.75, 3.05) is 19.1 Å². The molecule has 2 aliphatic rings. The standard InChI is InChI=1S/C26H31NO5/c1-15-14-26(5,6)27(24(28)32-25(2,3)4)17-13-12-16-21-18(29-7)10-9-11-19(21)31-23(30-8)22(16)20(15)17/h9-14,23H,1-8H3. The second kappa shape index (κ2) is 7.55. The first kappa shape index (κ1) is 22.2. The lowest BCUT2D eigenvalue weighted by Crippen LogP contribution is -2.51. The van der Waals surface area contributed by atoms with Crippen molar-refractivity contribution in [2.24, 2.45) is 0 Å². The number of carbonyl (C=O) groups is 1. The van der Waals surface area contributed by atoms with E-state index in [1.54, 1.807) is 19.1 Å². The minimum atomic E-state index is -0.621. The number of rotatable bonds is 2. The van der Waals surface area contributed by atoms with Crippen molar-refractivity contribution < 1.29 is 23.7 Å². The van der Waals surface area contributed by atoms with Gasteiger partial charge in [0, 0.05) is 18.2 Å². The Morgan fingerprint density at radius 2 is 1.81 bits per heavy atom. The van der Waals surface area contributed by atoms with Crippen LogP contribution in [0.25, 0.3) is 16.7 Å². The van der Waals surface area contributed by atoms with Gasteiger partial charge in [0.2, 0.25) is 6.29 Å². The smallest absolute Gasteiger partial charge is 0.415 e. The van der Waals surface area contributed by atoms with E-state index in [0.717, 1.165) is 39.3 Å². The summed E-state index contributed by atoms with van der Waals surface area (Å²) in [6.45, 7) is 11.7. The highest BCUT2D eigenvalue weighted by atomic mass is 16.7. The molecule has 1 atom stereocenters. The van der Waals surface area contributed by atoms with E-state index in [4.69, 9.17) is 18.9 Å². The number of hydrogen-bond acceptors (Lipinski definition) is 5. The zero-order valence-corrected chi connectivity index (χ0v) is 20.0. The number of anilines is 1. The fourth-order valence-electron chi connectivity index (χ4n) is 4.67. The summed E-state index contributed by atoms with van der Waals surface area (Å²) in [5, 5.41) is 0. The Hall–Kier alpha value is -2.99. The Kier molecular flexibility index (Phi) is 5.24. The molecule has 0 fully saturated rings. The predicted molar refractivity (Wildman–Crippen MR) is 125 cm³/mol. The zero-order valence-electron chi connectivity index (χ0n) is 20.0. The van der Waals surface area contributed by atoms with E-state index >= 15 is 0 Å². The monoisotopic (exact) mass is 437 g/mol. The van der Waals surface area contributed by atoms with E-state index in [0.29, 0.717) is 5.75 Å². The van der Waals surface area contributed by atoms with Gasteiger partial charge in [-0.15, -0.1) is 0 Å². The number of fused-ring (bicyclic) bond motifs is 5. The first-order valence-electron chi connectivity index (χ1n) is 10.8. The van der Waals surface area contributed by atoms with Gasteiger partial charge in [-0.25, -0.2) is 4.79 Å². The summed E-state index contributed by atoms with van der Waals surface area (Å²) in [5.74, 6) is 1.42. The lowest BCUT2D eigenvalue weighted by atomic mass is 9.82. The second-order valence-electron chi connectivity index (χ2n) is 9.74.